The van der Waals surface area contributed by atoms with Gasteiger partial charge in [-0.15, -0.1) is 0 Å². The second-order valence-corrected chi connectivity index (χ2v) is 18.1. The van der Waals surface area contributed by atoms with Gasteiger partial charge < -0.3 is 63.8 Å². The lowest BCUT2D eigenvalue weighted by Crippen LogP contribution is -2.64. The zero-order chi connectivity index (χ0) is 27.8. The van der Waals surface area contributed by atoms with Crippen LogP contribution in [0, 0.1) is 0 Å². The number of nitrogens with one attached hydrogen (secondary N) is 1. The maximum Gasteiger partial charge on any atom is 0.395 e. The Balaban J connectivity index is 7.19. The van der Waals surface area contributed by atoms with E-state index in [1.54, 1.807) is 0 Å². The second kappa shape index (κ2) is 11.3. The highest BCUT2D eigenvalue weighted by Gasteiger charge is 2.69. The third-order valence-electron chi connectivity index (χ3n) is 4.13. The lowest BCUT2D eigenvalue weighted by molar-refractivity contribution is -0.929. The van der Waals surface area contributed by atoms with Gasteiger partial charge in [0.1, 0.15) is 6.54 Å². The van der Waals surface area contributed by atoms with Crippen LogP contribution in [0.3, 0.4) is 0 Å². The van der Waals surface area contributed by atoms with Gasteiger partial charge in [0.15, 0.2) is 0 Å². The zero-order valence-corrected chi connectivity index (χ0v) is 21.8. The molecule has 27 heteroatoms. The standard InChI is InChI=1S/C7H24N2O19P6/c10-4-3-9(6(31(17,18)19)32(20,21)22,7(33(23,24)25)34(26,27)28)2-1-8-5(29(11,12)13)30(14,15)16/h5-8,10H,1-4H2,(H11-,11,12,13,14,15,16,17,18,19,20,21,22,23,24,25,26,27,28)/p+1. The Bertz CT molecular complexity index is 879. The lowest BCUT2D eigenvalue weighted by Gasteiger charge is -2.48. The second-order valence-electron chi connectivity index (χ2n) is 6.83. The van der Waals surface area contributed by atoms with Gasteiger partial charge in [0.05, 0.1) is 13.2 Å². The zero-order valence-electron chi connectivity index (χ0n) is 16.5. The molecule has 0 aliphatic heterocycles. The van der Waals surface area contributed by atoms with E-state index in [-0.39, 0.29) is 0 Å². The number of hydrogen-bond acceptors (Lipinski definition) is 8. The summed E-state index contributed by atoms with van der Waals surface area (Å²) in [7, 11) is -36.6. The first kappa shape index (κ1) is 34.8. The van der Waals surface area contributed by atoms with E-state index in [1.165, 1.54) is 5.32 Å². The van der Waals surface area contributed by atoms with Gasteiger partial charge in [-0.25, -0.2) is 0 Å². The van der Waals surface area contributed by atoms with Crippen LogP contribution >= 0.6 is 45.6 Å². The summed E-state index contributed by atoms with van der Waals surface area (Å²) in [6.45, 7) is -6.08. The fourth-order valence-corrected chi connectivity index (χ4v) is 13.0. The van der Waals surface area contributed by atoms with Crippen molar-refractivity contribution in [2.24, 2.45) is 0 Å². The minimum absolute atomic E-state index is 1.41. The van der Waals surface area contributed by atoms with E-state index in [0.29, 0.717) is 0 Å². The Morgan fingerprint density at radius 2 is 0.824 bits per heavy atom. The summed E-state index contributed by atoms with van der Waals surface area (Å²) in [5, 5.41) is 10.8. The molecule has 0 aliphatic rings. The summed E-state index contributed by atoms with van der Waals surface area (Å²) in [6.07, 6.45) is 0. The van der Waals surface area contributed by atoms with E-state index >= 15 is 0 Å². The van der Waals surface area contributed by atoms with Gasteiger partial charge in [-0.1, -0.05) is 0 Å². The molecule has 21 nitrogen and oxygen atoms in total. The smallest absolute Gasteiger partial charge is 0.391 e. The SMILES string of the molecule is O=P(O)(O)C(NCC[N+](CCO)(C(P(=O)(O)O)P(=O)(O)O)C(P(=O)(O)O)P(=O)(O)O)P(=O)(O)O. The summed E-state index contributed by atoms with van der Waals surface area (Å²) < 4.78 is 68.1. The van der Waals surface area contributed by atoms with Crippen molar-refractivity contribution < 1.29 is 95.7 Å². The van der Waals surface area contributed by atoms with Gasteiger partial charge >= 0.3 is 45.6 Å². The summed E-state index contributed by atoms with van der Waals surface area (Å²) in [4.78, 5) is 113. The van der Waals surface area contributed by atoms with Gasteiger partial charge in [-0.05, 0) is 0 Å². The highest BCUT2D eigenvalue weighted by Crippen LogP contribution is 2.72. The van der Waals surface area contributed by atoms with Crippen LogP contribution in [0.25, 0.3) is 0 Å². The van der Waals surface area contributed by atoms with Crippen LogP contribution in [0.15, 0.2) is 0 Å². The van der Waals surface area contributed by atoms with Gasteiger partial charge in [-0.3, -0.25) is 37.2 Å². The normalized spacial score (nSPS) is 15.5. The first-order chi connectivity index (χ1) is 14.6. The van der Waals surface area contributed by atoms with Crippen LogP contribution in [0.2, 0.25) is 0 Å². The van der Waals surface area contributed by atoms with E-state index in [2.05, 4.69) is 0 Å². The predicted molar refractivity (Wildman–Crippen MR) is 109 cm³/mol. The number of hydrogen-bond donors (Lipinski definition) is 14. The molecule has 0 aromatic rings. The summed E-state index contributed by atoms with van der Waals surface area (Å²) in [6, 6.07) is 0. The molecule has 0 saturated heterocycles. The Hall–Kier alpha value is 0.780. The topological polar surface area (TPSA) is 377 Å². The van der Waals surface area contributed by atoms with Gasteiger partial charge in [0, 0.05) is 6.54 Å². The molecule has 206 valence electrons. The minimum Gasteiger partial charge on any atom is -0.391 e. The largest absolute Gasteiger partial charge is 0.395 e. The van der Waals surface area contributed by atoms with Crippen molar-refractivity contribution in [3.63, 3.8) is 0 Å². The molecule has 0 radical (unpaired) electrons. The van der Waals surface area contributed by atoms with Crippen LogP contribution in [-0.2, 0) is 27.4 Å². The molecule has 0 aromatic carbocycles. The molecular formula is C7H25N2O19P6+. The predicted octanol–water partition coefficient (Wildman–Crippen LogP) is -3.70. The van der Waals surface area contributed by atoms with E-state index < -0.39 is 92.9 Å². The fourth-order valence-electron chi connectivity index (χ4n) is 3.30. The van der Waals surface area contributed by atoms with Crippen molar-refractivity contribution in [2.75, 3.05) is 26.2 Å². The van der Waals surface area contributed by atoms with E-state index in [1.807, 2.05) is 0 Å². The van der Waals surface area contributed by atoms with Crippen molar-refractivity contribution in [3.05, 3.63) is 0 Å². The van der Waals surface area contributed by atoms with Crippen molar-refractivity contribution >= 4 is 45.6 Å². The van der Waals surface area contributed by atoms with Crippen LogP contribution in [0.5, 0.6) is 0 Å². The molecule has 0 heterocycles. The molecule has 0 aliphatic carbocycles. The molecule has 14 N–H and O–H groups in total. The van der Waals surface area contributed by atoms with E-state index in [4.69, 9.17) is 19.6 Å². The van der Waals surface area contributed by atoms with Crippen molar-refractivity contribution in [2.45, 2.75) is 16.6 Å². The third kappa shape index (κ3) is 9.26. The lowest BCUT2D eigenvalue weighted by atomic mass is 10.4. The van der Waals surface area contributed by atoms with E-state index in [0.717, 1.165) is 0 Å². The first-order valence-corrected chi connectivity index (χ1v) is 18.2. The molecular weight excluding hydrogens is 602 g/mol. The molecule has 0 aromatic heterocycles. The van der Waals surface area contributed by atoms with Crippen LogP contribution in [0.1, 0.15) is 0 Å². The number of rotatable bonds is 14. The molecule has 0 amide bonds. The Morgan fingerprint density at radius 3 is 1.03 bits per heavy atom. The average molecular weight is 627 g/mol. The van der Waals surface area contributed by atoms with Gasteiger partial charge in [-0.2, -0.15) is 0 Å². The molecule has 0 spiro atoms. The number of aliphatic hydroxyl groups excluding tert-OH is 1. The number of quaternary nitrogens is 1. The maximum atomic E-state index is 12.0. The molecule has 34 heavy (non-hydrogen) atoms. The average Bonchev–Trinajstić information content (AvgIpc) is 2.42. The molecule has 0 fully saturated rings. The van der Waals surface area contributed by atoms with Crippen molar-refractivity contribution in [1.29, 1.82) is 0 Å². The monoisotopic (exact) mass is 627 g/mol. The Kier molecular flexibility index (Phi) is 11.5. The third-order valence-corrected chi connectivity index (χ3v) is 15.4. The Morgan fingerprint density at radius 1 is 0.529 bits per heavy atom. The summed E-state index contributed by atoms with van der Waals surface area (Å²) in [5.41, 5.74) is -10.3. The number of aliphatic hydroxyl groups is 1. The van der Waals surface area contributed by atoms with Gasteiger partial charge in [0.25, 0.3) is 11.0 Å². The molecule has 0 atom stereocenters. The highest BCUT2D eigenvalue weighted by atomic mass is 31.2. The van der Waals surface area contributed by atoms with Crippen molar-refractivity contribution in [1.82, 2.24) is 5.32 Å². The number of nitrogens with zero attached hydrogens (tertiary/aromatic N) is 1. The van der Waals surface area contributed by atoms with E-state index in [9.17, 15) is 71.6 Å². The highest BCUT2D eigenvalue weighted by molar-refractivity contribution is 7.72. The quantitative estimate of drug-likeness (QED) is 0.0650. The molecule has 0 bridgehead atoms. The molecule has 0 rings (SSSR count). The van der Waals surface area contributed by atoms with Gasteiger partial charge in [0.2, 0.25) is 5.52 Å². The Labute approximate surface area is 190 Å². The van der Waals surface area contributed by atoms with Crippen molar-refractivity contribution in [3.8, 4) is 0 Å². The van der Waals surface area contributed by atoms with Crippen LogP contribution < -0.4 is 5.32 Å². The summed E-state index contributed by atoms with van der Waals surface area (Å²) in [5.74, 6) is 0. The molecule has 0 unspecified atom stereocenters. The fraction of sp³-hybridized carbons (Fsp3) is 1.00. The summed E-state index contributed by atoms with van der Waals surface area (Å²) >= 11 is 0. The molecule has 0 saturated carbocycles. The minimum atomic E-state index is -6.29. The van der Waals surface area contributed by atoms with Crippen LogP contribution in [-0.4, -0.2) is 111 Å². The van der Waals surface area contributed by atoms with Crippen LogP contribution in [0.4, 0.5) is 0 Å². The maximum absolute atomic E-state index is 12.0. The first-order valence-electron chi connectivity index (χ1n) is 8.15.